The van der Waals surface area contributed by atoms with E-state index in [1.54, 1.807) is 66.7 Å². The molecule has 0 aliphatic carbocycles. The number of amides is 2. The zero-order chi connectivity index (χ0) is 23.4. The Labute approximate surface area is 196 Å². The molecule has 4 rings (SSSR count). The summed E-state index contributed by atoms with van der Waals surface area (Å²) in [6, 6.07) is 23.9. The molecule has 3 aromatic carbocycles. The van der Waals surface area contributed by atoms with Gasteiger partial charge in [0.2, 0.25) is 11.8 Å². The summed E-state index contributed by atoms with van der Waals surface area (Å²) in [5.74, 6) is -0.741. The van der Waals surface area contributed by atoms with Crippen LogP contribution in [-0.4, -0.2) is 30.6 Å². The van der Waals surface area contributed by atoms with Crippen LogP contribution in [0.5, 0.6) is 0 Å². The predicted octanol–water partition coefficient (Wildman–Crippen LogP) is 4.22. The van der Waals surface area contributed by atoms with Crippen LogP contribution in [-0.2, 0) is 19.6 Å². The summed E-state index contributed by atoms with van der Waals surface area (Å²) in [7, 11) is -4.05. The lowest BCUT2D eigenvalue weighted by Crippen LogP contribution is -2.33. The number of nitrogens with one attached hydrogen (secondary N) is 1. The molecule has 7 nitrogen and oxygen atoms in total. The van der Waals surface area contributed by atoms with Gasteiger partial charge in [0.05, 0.1) is 10.6 Å². The number of benzene rings is 3. The molecule has 168 valence electrons. The van der Waals surface area contributed by atoms with Crippen LogP contribution < -0.4 is 10.2 Å². The predicted molar refractivity (Wildman–Crippen MR) is 131 cm³/mol. The maximum absolute atomic E-state index is 13.2. The molecule has 3 aromatic rings. The minimum atomic E-state index is -4.05. The first-order valence-corrected chi connectivity index (χ1v) is 12.5. The third-order valence-corrected chi connectivity index (χ3v) is 7.43. The first kappa shape index (κ1) is 22.8. The van der Waals surface area contributed by atoms with Crippen LogP contribution in [0.4, 0.5) is 11.4 Å². The molecule has 9 heteroatoms. The van der Waals surface area contributed by atoms with Gasteiger partial charge < -0.3 is 5.32 Å². The summed E-state index contributed by atoms with van der Waals surface area (Å²) in [4.78, 5) is 27.1. The van der Waals surface area contributed by atoms with Gasteiger partial charge in [-0.05, 0) is 43.3 Å². The number of hydrogen-bond donors (Lipinski definition) is 1. The van der Waals surface area contributed by atoms with Crippen molar-refractivity contribution in [1.29, 1.82) is 0 Å². The molecule has 33 heavy (non-hydrogen) atoms. The molecule has 1 fully saturated rings. The average Bonchev–Trinajstić information content (AvgIpc) is 3.09. The Kier molecular flexibility index (Phi) is 6.62. The molecule has 0 spiro atoms. The van der Waals surface area contributed by atoms with Gasteiger partial charge in [0.25, 0.3) is 10.0 Å². The molecule has 1 unspecified atom stereocenters. The molecule has 1 atom stereocenters. The average molecular weight is 480 g/mol. The van der Waals surface area contributed by atoms with E-state index in [1.165, 1.54) is 17.0 Å². The number of sulfonamides is 1. The summed E-state index contributed by atoms with van der Waals surface area (Å²) in [5, 5.41) is 1.97. The lowest BCUT2D eigenvalue weighted by atomic mass is 10.2. The molecule has 0 aromatic heterocycles. The molecular formula is C24H21N3O4S2. The lowest BCUT2D eigenvalue weighted by Gasteiger charge is -2.16. The zero-order valence-electron chi connectivity index (χ0n) is 17.7. The van der Waals surface area contributed by atoms with Crippen molar-refractivity contribution in [2.24, 2.45) is 4.40 Å². The van der Waals surface area contributed by atoms with Crippen LogP contribution in [0.25, 0.3) is 0 Å². The number of carbonyl (C=O) groups is 2. The summed E-state index contributed by atoms with van der Waals surface area (Å²) in [6.45, 7) is 1.86. The Bertz CT molecular complexity index is 1290. The van der Waals surface area contributed by atoms with Gasteiger partial charge in [-0.2, -0.15) is 8.42 Å². The molecule has 1 aliphatic heterocycles. The summed E-state index contributed by atoms with van der Waals surface area (Å²) in [6.07, 6.45) is -0.120. The van der Waals surface area contributed by atoms with Gasteiger partial charge in [0.15, 0.2) is 5.17 Å². The Morgan fingerprint density at radius 1 is 0.970 bits per heavy atom. The van der Waals surface area contributed by atoms with E-state index >= 15 is 0 Å². The minimum absolute atomic E-state index is 0.0179. The van der Waals surface area contributed by atoms with Gasteiger partial charge in [-0.3, -0.25) is 14.5 Å². The van der Waals surface area contributed by atoms with Gasteiger partial charge in [-0.1, -0.05) is 65.9 Å². The van der Waals surface area contributed by atoms with Crippen molar-refractivity contribution in [3.05, 3.63) is 90.5 Å². The monoisotopic (exact) mass is 479 g/mol. The van der Waals surface area contributed by atoms with Crippen LogP contribution in [0.3, 0.4) is 0 Å². The van der Waals surface area contributed by atoms with Crippen LogP contribution in [0.15, 0.2) is 94.2 Å². The van der Waals surface area contributed by atoms with Crippen molar-refractivity contribution in [2.45, 2.75) is 23.5 Å². The Morgan fingerprint density at radius 2 is 1.58 bits per heavy atom. The third kappa shape index (κ3) is 5.32. The SMILES string of the molecule is Cc1ccc(S(=O)(=O)N=C2SC(CC(=O)Nc3ccccc3)C(=O)N2c2ccccc2)cc1. The van der Waals surface area contributed by atoms with Gasteiger partial charge in [0.1, 0.15) is 5.25 Å². The lowest BCUT2D eigenvalue weighted by molar-refractivity contribution is -0.121. The van der Waals surface area contributed by atoms with Crippen molar-refractivity contribution in [1.82, 2.24) is 0 Å². The maximum Gasteiger partial charge on any atom is 0.284 e. The van der Waals surface area contributed by atoms with Crippen LogP contribution in [0, 0.1) is 6.92 Å². The van der Waals surface area contributed by atoms with Crippen LogP contribution in [0.1, 0.15) is 12.0 Å². The molecule has 0 radical (unpaired) electrons. The normalized spacial score (nSPS) is 17.4. The number of rotatable bonds is 6. The first-order chi connectivity index (χ1) is 15.8. The summed E-state index contributed by atoms with van der Waals surface area (Å²) >= 11 is 0.972. The maximum atomic E-state index is 13.2. The number of anilines is 2. The second-order valence-electron chi connectivity index (χ2n) is 7.40. The number of hydrogen-bond acceptors (Lipinski definition) is 5. The highest BCUT2D eigenvalue weighted by atomic mass is 32.2. The molecule has 0 bridgehead atoms. The summed E-state index contributed by atoms with van der Waals surface area (Å²) < 4.78 is 29.9. The molecule has 1 saturated heterocycles. The second-order valence-corrected chi connectivity index (χ2v) is 10.2. The van der Waals surface area contributed by atoms with E-state index in [-0.39, 0.29) is 22.4 Å². The van der Waals surface area contributed by atoms with E-state index in [2.05, 4.69) is 9.71 Å². The van der Waals surface area contributed by atoms with Crippen molar-refractivity contribution >= 4 is 50.1 Å². The third-order valence-electron chi connectivity index (χ3n) is 4.89. The highest BCUT2D eigenvalue weighted by molar-refractivity contribution is 8.16. The van der Waals surface area contributed by atoms with Gasteiger partial charge >= 0.3 is 0 Å². The number of amidine groups is 1. The smallest absolute Gasteiger partial charge is 0.284 e. The molecule has 1 N–H and O–H groups in total. The van der Waals surface area contributed by atoms with E-state index in [1.807, 2.05) is 13.0 Å². The number of nitrogens with zero attached hydrogens (tertiary/aromatic N) is 2. The van der Waals surface area contributed by atoms with Gasteiger partial charge in [-0.25, -0.2) is 0 Å². The van der Waals surface area contributed by atoms with E-state index in [9.17, 15) is 18.0 Å². The van der Waals surface area contributed by atoms with Crippen molar-refractivity contribution in [3.63, 3.8) is 0 Å². The standard InChI is InChI=1S/C24H21N3O4S2/c1-17-12-14-20(15-13-17)33(30,31)26-24-27(19-10-6-3-7-11-19)23(29)21(32-24)16-22(28)25-18-8-4-2-5-9-18/h2-15,21H,16H2,1H3,(H,25,28). The largest absolute Gasteiger partial charge is 0.326 e. The van der Waals surface area contributed by atoms with E-state index in [0.29, 0.717) is 11.4 Å². The molecule has 1 aliphatic rings. The van der Waals surface area contributed by atoms with Crippen LogP contribution >= 0.6 is 11.8 Å². The zero-order valence-corrected chi connectivity index (χ0v) is 19.3. The van der Waals surface area contributed by atoms with Crippen molar-refractivity contribution in [3.8, 4) is 0 Å². The second kappa shape index (κ2) is 9.60. The van der Waals surface area contributed by atoms with E-state index in [0.717, 1.165) is 17.3 Å². The Hall–Kier alpha value is -3.43. The highest BCUT2D eigenvalue weighted by Crippen LogP contribution is 2.35. The molecular weight excluding hydrogens is 458 g/mol. The number of para-hydroxylation sites is 2. The number of thioether (sulfide) groups is 1. The van der Waals surface area contributed by atoms with Crippen molar-refractivity contribution in [2.75, 3.05) is 10.2 Å². The Balaban J connectivity index is 1.63. The molecule has 1 heterocycles. The molecule has 0 saturated carbocycles. The number of aryl methyl sites for hydroxylation is 1. The highest BCUT2D eigenvalue weighted by Gasteiger charge is 2.41. The van der Waals surface area contributed by atoms with Gasteiger partial charge in [-0.15, -0.1) is 4.40 Å². The van der Waals surface area contributed by atoms with Crippen molar-refractivity contribution < 1.29 is 18.0 Å². The Morgan fingerprint density at radius 3 is 2.21 bits per heavy atom. The van der Waals surface area contributed by atoms with E-state index in [4.69, 9.17) is 0 Å². The fourth-order valence-corrected chi connectivity index (χ4v) is 5.58. The summed E-state index contributed by atoms with van der Waals surface area (Å²) in [5.41, 5.74) is 2.02. The van der Waals surface area contributed by atoms with Gasteiger partial charge in [0, 0.05) is 12.1 Å². The molecule has 2 amide bonds. The fourth-order valence-electron chi connectivity index (χ4n) is 3.24. The van der Waals surface area contributed by atoms with E-state index < -0.39 is 21.2 Å². The van der Waals surface area contributed by atoms with Crippen LogP contribution in [0.2, 0.25) is 0 Å². The quantitative estimate of drug-likeness (QED) is 0.571. The minimum Gasteiger partial charge on any atom is -0.326 e. The first-order valence-electron chi connectivity index (χ1n) is 10.2. The number of carbonyl (C=O) groups excluding carboxylic acids is 2. The fraction of sp³-hybridized carbons (Fsp3) is 0.125. The topological polar surface area (TPSA) is 95.9 Å².